The summed E-state index contributed by atoms with van der Waals surface area (Å²) in [7, 11) is 0. The van der Waals surface area contributed by atoms with E-state index in [1.807, 2.05) is 38.1 Å². The normalized spacial score (nSPS) is 11.6. The molecule has 0 spiro atoms. The summed E-state index contributed by atoms with van der Waals surface area (Å²) in [5, 5.41) is 0.947. The van der Waals surface area contributed by atoms with Crippen molar-refractivity contribution in [3.8, 4) is 5.75 Å². The molecule has 1 heterocycles. The first-order valence-corrected chi connectivity index (χ1v) is 10.3. The summed E-state index contributed by atoms with van der Waals surface area (Å²) < 4.78 is 13.1. The van der Waals surface area contributed by atoms with E-state index in [9.17, 15) is 9.59 Å². The molecule has 0 unspecified atom stereocenters. The van der Waals surface area contributed by atoms with Crippen LogP contribution in [-0.2, 0) is 16.1 Å². The van der Waals surface area contributed by atoms with Crippen molar-refractivity contribution < 1.29 is 14.3 Å². The molecule has 0 amide bonds. The highest BCUT2D eigenvalue weighted by Crippen LogP contribution is 2.25. The number of hydrogen-bond donors (Lipinski definition) is 0. The largest absolute Gasteiger partial charge is 0.493 e. The Bertz CT molecular complexity index is 838. The summed E-state index contributed by atoms with van der Waals surface area (Å²) >= 11 is 0. The number of pyridine rings is 1. The lowest BCUT2D eigenvalue weighted by atomic mass is 9.88. The molecule has 0 aliphatic carbocycles. The van der Waals surface area contributed by atoms with Gasteiger partial charge in [0.15, 0.2) is 0 Å². The fraction of sp³-hybridized carbons (Fsp3) is 0.565. The highest BCUT2D eigenvalue weighted by Gasteiger charge is 2.27. The lowest BCUT2D eigenvalue weighted by molar-refractivity contribution is -0.154. The molecule has 28 heavy (non-hydrogen) atoms. The molecule has 0 radical (unpaired) electrons. The summed E-state index contributed by atoms with van der Waals surface area (Å²) in [4.78, 5) is 24.5. The van der Waals surface area contributed by atoms with E-state index >= 15 is 0 Å². The van der Waals surface area contributed by atoms with Gasteiger partial charge >= 0.3 is 5.97 Å². The number of para-hydroxylation sites is 1. The first-order chi connectivity index (χ1) is 13.4. The molecular weight excluding hydrogens is 354 g/mol. The summed E-state index contributed by atoms with van der Waals surface area (Å²) in [6.07, 6.45) is 4.18. The molecule has 1 aromatic carbocycles. The number of nitrogens with zero attached hydrogens (tertiary/aromatic N) is 1. The van der Waals surface area contributed by atoms with Crippen molar-refractivity contribution >= 4 is 16.9 Å². The third-order valence-electron chi connectivity index (χ3n) is 4.89. The highest BCUT2D eigenvalue weighted by atomic mass is 16.5. The SMILES string of the molecule is CCCn1c(=O)cc(OCCCCOC(=O)C(C)(C)CCC)c2ccccc21. The van der Waals surface area contributed by atoms with Crippen LogP contribution in [0.4, 0.5) is 0 Å². The Kier molecular flexibility index (Phi) is 8.09. The molecule has 5 heteroatoms. The molecule has 0 aliphatic heterocycles. The number of carbonyl (C=O) groups excluding carboxylic acids is 1. The van der Waals surface area contributed by atoms with Gasteiger partial charge in [-0.3, -0.25) is 9.59 Å². The molecule has 0 fully saturated rings. The van der Waals surface area contributed by atoms with Crippen LogP contribution in [0, 0.1) is 5.41 Å². The minimum absolute atomic E-state index is 0.0392. The Morgan fingerprint density at radius 1 is 1.07 bits per heavy atom. The van der Waals surface area contributed by atoms with Crippen LogP contribution >= 0.6 is 0 Å². The van der Waals surface area contributed by atoms with Gasteiger partial charge in [-0.25, -0.2) is 0 Å². The Hall–Kier alpha value is -2.30. The van der Waals surface area contributed by atoms with Crippen molar-refractivity contribution in [1.82, 2.24) is 4.57 Å². The maximum atomic E-state index is 12.4. The number of ether oxygens (including phenoxy) is 2. The third kappa shape index (κ3) is 5.60. The molecule has 0 N–H and O–H groups in total. The number of carbonyl (C=O) groups is 1. The van der Waals surface area contributed by atoms with E-state index in [1.165, 1.54) is 0 Å². The number of benzene rings is 1. The molecule has 5 nitrogen and oxygen atoms in total. The second kappa shape index (κ2) is 10.3. The minimum Gasteiger partial charge on any atom is -0.493 e. The molecule has 1 aromatic heterocycles. The number of aromatic nitrogens is 1. The number of fused-ring (bicyclic) bond motifs is 1. The Balaban J connectivity index is 1.89. The first kappa shape index (κ1) is 22.0. The molecule has 0 saturated heterocycles. The molecule has 0 saturated carbocycles. The van der Waals surface area contributed by atoms with Crippen molar-refractivity contribution in [3.05, 3.63) is 40.7 Å². The number of aryl methyl sites for hydroxylation is 1. The fourth-order valence-corrected chi connectivity index (χ4v) is 3.35. The maximum Gasteiger partial charge on any atom is 0.311 e. The van der Waals surface area contributed by atoms with Crippen LogP contribution in [0.25, 0.3) is 10.9 Å². The quantitative estimate of drug-likeness (QED) is 0.405. The number of unbranched alkanes of at least 4 members (excludes halogenated alkanes) is 1. The standard InChI is InChI=1S/C23H33NO4/c1-5-13-23(3,4)22(26)28-16-10-9-15-27-20-17-21(25)24(14-6-2)19-12-8-7-11-18(19)20/h7-8,11-12,17H,5-6,9-10,13-16H2,1-4H3. The first-order valence-electron chi connectivity index (χ1n) is 10.3. The predicted molar refractivity (Wildman–Crippen MR) is 113 cm³/mol. The monoisotopic (exact) mass is 387 g/mol. The van der Waals surface area contributed by atoms with Crippen molar-refractivity contribution in [2.24, 2.45) is 5.41 Å². The molecule has 154 valence electrons. The number of rotatable bonds is 11. The minimum atomic E-state index is -0.424. The van der Waals surface area contributed by atoms with E-state index in [1.54, 1.807) is 10.6 Å². The summed E-state index contributed by atoms with van der Waals surface area (Å²) in [5.41, 5.74) is 0.439. The van der Waals surface area contributed by atoms with E-state index in [4.69, 9.17) is 9.47 Å². The molecular formula is C23H33NO4. The van der Waals surface area contributed by atoms with Crippen LogP contribution in [0.5, 0.6) is 5.75 Å². The van der Waals surface area contributed by atoms with Gasteiger partial charge in [0.05, 0.1) is 24.1 Å². The van der Waals surface area contributed by atoms with E-state index in [0.29, 0.717) is 25.5 Å². The van der Waals surface area contributed by atoms with Crippen molar-refractivity contribution in [1.29, 1.82) is 0 Å². The Morgan fingerprint density at radius 2 is 1.79 bits per heavy atom. The third-order valence-corrected chi connectivity index (χ3v) is 4.89. The predicted octanol–water partition coefficient (Wildman–Crippen LogP) is 4.94. The van der Waals surface area contributed by atoms with Crippen LogP contribution in [-0.4, -0.2) is 23.8 Å². The summed E-state index contributed by atoms with van der Waals surface area (Å²) in [5.74, 6) is 0.481. The Morgan fingerprint density at radius 3 is 2.50 bits per heavy atom. The smallest absolute Gasteiger partial charge is 0.311 e. The zero-order valence-corrected chi connectivity index (χ0v) is 17.6. The lowest BCUT2D eigenvalue weighted by Gasteiger charge is -2.21. The van der Waals surface area contributed by atoms with E-state index in [0.717, 1.165) is 43.0 Å². The van der Waals surface area contributed by atoms with Crippen LogP contribution in [0.2, 0.25) is 0 Å². The van der Waals surface area contributed by atoms with Gasteiger partial charge in [0.25, 0.3) is 5.56 Å². The van der Waals surface area contributed by atoms with Gasteiger partial charge in [0.1, 0.15) is 5.75 Å². The topological polar surface area (TPSA) is 57.5 Å². The zero-order chi connectivity index (χ0) is 20.6. The summed E-state index contributed by atoms with van der Waals surface area (Å²) in [6.45, 7) is 9.55. The van der Waals surface area contributed by atoms with Crippen LogP contribution < -0.4 is 10.3 Å². The lowest BCUT2D eigenvalue weighted by Crippen LogP contribution is -2.26. The fourth-order valence-electron chi connectivity index (χ4n) is 3.35. The molecule has 2 rings (SSSR count). The van der Waals surface area contributed by atoms with Crippen LogP contribution in [0.3, 0.4) is 0 Å². The average molecular weight is 388 g/mol. The second-order valence-corrected chi connectivity index (χ2v) is 7.84. The van der Waals surface area contributed by atoms with Crippen molar-refractivity contribution in [2.45, 2.75) is 66.3 Å². The van der Waals surface area contributed by atoms with Gasteiger partial charge in [0, 0.05) is 18.0 Å². The number of hydrogen-bond acceptors (Lipinski definition) is 4. The highest BCUT2D eigenvalue weighted by molar-refractivity contribution is 5.85. The van der Waals surface area contributed by atoms with Gasteiger partial charge in [0.2, 0.25) is 0 Å². The van der Waals surface area contributed by atoms with Crippen LogP contribution in [0.1, 0.15) is 59.8 Å². The van der Waals surface area contributed by atoms with Crippen molar-refractivity contribution in [2.75, 3.05) is 13.2 Å². The second-order valence-electron chi connectivity index (χ2n) is 7.84. The molecule has 0 bridgehead atoms. The van der Waals surface area contributed by atoms with Gasteiger partial charge in [-0.15, -0.1) is 0 Å². The van der Waals surface area contributed by atoms with Gasteiger partial charge < -0.3 is 14.0 Å². The van der Waals surface area contributed by atoms with E-state index in [2.05, 4.69) is 13.8 Å². The van der Waals surface area contributed by atoms with E-state index in [-0.39, 0.29) is 11.5 Å². The maximum absolute atomic E-state index is 12.4. The van der Waals surface area contributed by atoms with Crippen molar-refractivity contribution in [3.63, 3.8) is 0 Å². The van der Waals surface area contributed by atoms with Gasteiger partial charge in [-0.05, 0) is 51.7 Å². The number of esters is 1. The Labute approximate surface area is 167 Å². The van der Waals surface area contributed by atoms with Gasteiger partial charge in [-0.1, -0.05) is 32.4 Å². The zero-order valence-electron chi connectivity index (χ0n) is 17.6. The average Bonchev–Trinajstić information content (AvgIpc) is 2.67. The molecule has 2 aromatic rings. The summed E-state index contributed by atoms with van der Waals surface area (Å²) in [6, 6.07) is 9.40. The van der Waals surface area contributed by atoms with E-state index < -0.39 is 5.41 Å². The van der Waals surface area contributed by atoms with Crippen LogP contribution in [0.15, 0.2) is 35.1 Å². The van der Waals surface area contributed by atoms with Gasteiger partial charge in [-0.2, -0.15) is 0 Å². The molecule has 0 atom stereocenters. The molecule has 0 aliphatic rings.